The Labute approximate surface area is 147 Å². The van der Waals surface area contributed by atoms with Crippen LogP contribution in [-0.4, -0.2) is 18.5 Å². The van der Waals surface area contributed by atoms with Crippen LogP contribution in [-0.2, 0) is 14.3 Å². The summed E-state index contributed by atoms with van der Waals surface area (Å²) in [6.07, 6.45) is 2.49. The molecule has 0 unspecified atom stereocenters. The number of carbonyl (C=O) groups is 2. The Balaban J connectivity index is 1.85. The van der Waals surface area contributed by atoms with E-state index in [1.54, 1.807) is 12.1 Å². The van der Waals surface area contributed by atoms with Gasteiger partial charge < -0.3 is 10.1 Å². The summed E-state index contributed by atoms with van der Waals surface area (Å²) in [5.41, 5.74) is 0.822. The first kappa shape index (κ1) is 18.0. The van der Waals surface area contributed by atoms with Crippen LogP contribution in [0.5, 0.6) is 0 Å². The number of hydrogen-bond donors (Lipinski definition) is 1. The number of amides is 1. The number of hydrogen-bond acceptors (Lipinski definition) is 3. The van der Waals surface area contributed by atoms with Gasteiger partial charge in [-0.2, -0.15) is 0 Å². The highest BCUT2D eigenvalue weighted by Gasteiger charge is 2.08. The van der Waals surface area contributed by atoms with Gasteiger partial charge >= 0.3 is 5.97 Å². The maximum absolute atomic E-state index is 13.0. The maximum atomic E-state index is 13.0. The summed E-state index contributed by atoms with van der Waals surface area (Å²) in [6, 6.07) is 10.3. The second-order valence-electron chi connectivity index (χ2n) is 4.67. The Kier molecular flexibility index (Phi) is 6.35. The Hall–Kier alpha value is -2.37. The van der Waals surface area contributed by atoms with E-state index >= 15 is 0 Å². The van der Waals surface area contributed by atoms with E-state index in [0.717, 1.165) is 6.08 Å². The number of carbonyl (C=O) groups excluding carboxylic acids is 2. The molecule has 0 aromatic heterocycles. The molecule has 0 aliphatic heterocycles. The number of ether oxygens (including phenoxy) is 1. The molecule has 0 saturated carbocycles. The van der Waals surface area contributed by atoms with Gasteiger partial charge in [-0.3, -0.25) is 4.79 Å². The summed E-state index contributed by atoms with van der Waals surface area (Å²) in [6.45, 7) is -0.491. The van der Waals surface area contributed by atoms with Gasteiger partial charge in [0.25, 0.3) is 5.91 Å². The van der Waals surface area contributed by atoms with Crippen LogP contribution >= 0.6 is 23.2 Å². The number of esters is 1. The number of anilines is 1. The zero-order chi connectivity index (χ0) is 17.5. The molecule has 0 atom stereocenters. The molecule has 1 N–H and O–H groups in total. The molecule has 0 aliphatic carbocycles. The fourth-order valence-corrected chi connectivity index (χ4v) is 2.08. The summed E-state index contributed by atoms with van der Waals surface area (Å²) in [4.78, 5) is 23.3. The second-order valence-corrected chi connectivity index (χ2v) is 5.51. The van der Waals surface area contributed by atoms with E-state index in [4.69, 9.17) is 27.9 Å². The van der Waals surface area contributed by atoms with Gasteiger partial charge in [-0.05, 0) is 42.0 Å². The van der Waals surface area contributed by atoms with Crippen LogP contribution in [0.3, 0.4) is 0 Å². The molecule has 2 rings (SSSR count). The third-order valence-electron chi connectivity index (χ3n) is 2.81. The average molecular weight is 368 g/mol. The van der Waals surface area contributed by atoms with Crippen LogP contribution < -0.4 is 5.32 Å². The van der Waals surface area contributed by atoms with E-state index in [0.29, 0.717) is 21.3 Å². The standard InChI is InChI=1S/C17H12Cl2FNO3/c18-12-5-6-14(19)15(9-12)21-16(22)10-24-17(23)7-4-11-2-1-3-13(20)8-11/h1-9H,10H2,(H,21,22)/b7-4+. The van der Waals surface area contributed by atoms with Gasteiger partial charge in [-0.15, -0.1) is 0 Å². The van der Waals surface area contributed by atoms with Crippen molar-refractivity contribution in [1.29, 1.82) is 0 Å². The van der Waals surface area contributed by atoms with E-state index < -0.39 is 24.3 Å². The Morgan fingerprint density at radius 2 is 1.96 bits per heavy atom. The summed E-state index contributed by atoms with van der Waals surface area (Å²) >= 11 is 11.7. The first-order valence-electron chi connectivity index (χ1n) is 6.79. The molecule has 1 amide bonds. The summed E-state index contributed by atoms with van der Waals surface area (Å²) in [5.74, 6) is -1.71. The topological polar surface area (TPSA) is 55.4 Å². The Bertz CT molecular complexity index is 793. The third kappa shape index (κ3) is 5.68. The minimum atomic E-state index is -0.730. The fourth-order valence-electron chi connectivity index (χ4n) is 1.74. The summed E-state index contributed by atoms with van der Waals surface area (Å²) < 4.78 is 17.8. The largest absolute Gasteiger partial charge is 0.452 e. The van der Waals surface area contributed by atoms with Crippen molar-refractivity contribution in [2.24, 2.45) is 0 Å². The molecular formula is C17H12Cl2FNO3. The number of rotatable bonds is 5. The van der Waals surface area contributed by atoms with Crippen molar-refractivity contribution in [1.82, 2.24) is 0 Å². The van der Waals surface area contributed by atoms with Crippen LogP contribution in [0.25, 0.3) is 6.08 Å². The molecule has 24 heavy (non-hydrogen) atoms. The van der Waals surface area contributed by atoms with Gasteiger partial charge in [0.15, 0.2) is 6.61 Å². The molecule has 2 aromatic carbocycles. The number of halogens is 3. The SMILES string of the molecule is O=C(COC(=O)/C=C/c1cccc(F)c1)Nc1cc(Cl)ccc1Cl. The van der Waals surface area contributed by atoms with E-state index in [1.807, 2.05) is 0 Å². The molecule has 7 heteroatoms. The molecule has 4 nitrogen and oxygen atoms in total. The van der Waals surface area contributed by atoms with E-state index in [9.17, 15) is 14.0 Å². The van der Waals surface area contributed by atoms with Crippen LogP contribution in [0.1, 0.15) is 5.56 Å². The van der Waals surface area contributed by atoms with E-state index in [1.165, 1.54) is 36.4 Å². The molecule has 0 aliphatic rings. The first-order chi connectivity index (χ1) is 11.4. The minimum Gasteiger partial charge on any atom is -0.452 e. The molecule has 0 saturated heterocycles. The van der Waals surface area contributed by atoms with Gasteiger partial charge in [0.2, 0.25) is 0 Å². The number of nitrogens with one attached hydrogen (secondary N) is 1. The highest BCUT2D eigenvalue weighted by atomic mass is 35.5. The smallest absolute Gasteiger partial charge is 0.331 e. The monoisotopic (exact) mass is 367 g/mol. The molecule has 0 radical (unpaired) electrons. The normalized spacial score (nSPS) is 10.6. The van der Waals surface area contributed by atoms with Gasteiger partial charge in [0, 0.05) is 11.1 Å². The van der Waals surface area contributed by atoms with E-state index in [-0.39, 0.29) is 0 Å². The van der Waals surface area contributed by atoms with Gasteiger partial charge in [-0.25, -0.2) is 9.18 Å². The van der Waals surface area contributed by atoms with Crippen LogP contribution in [0.2, 0.25) is 10.0 Å². The highest BCUT2D eigenvalue weighted by molar-refractivity contribution is 6.35. The lowest BCUT2D eigenvalue weighted by Crippen LogP contribution is -2.20. The summed E-state index contributed by atoms with van der Waals surface area (Å²) in [5, 5.41) is 3.20. The van der Waals surface area contributed by atoms with E-state index in [2.05, 4.69) is 5.32 Å². The van der Waals surface area contributed by atoms with Gasteiger partial charge in [-0.1, -0.05) is 35.3 Å². The molecular weight excluding hydrogens is 356 g/mol. The molecule has 0 bridgehead atoms. The summed E-state index contributed by atoms with van der Waals surface area (Å²) in [7, 11) is 0. The van der Waals surface area contributed by atoms with Crippen molar-refractivity contribution in [3.63, 3.8) is 0 Å². The lowest BCUT2D eigenvalue weighted by molar-refractivity contribution is -0.142. The quantitative estimate of drug-likeness (QED) is 0.632. The zero-order valence-electron chi connectivity index (χ0n) is 12.3. The molecule has 124 valence electrons. The molecule has 0 heterocycles. The lowest BCUT2D eigenvalue weighted by atomic mass is 10.2. The van der Waals surface area contributed by atoms with Crippen molar-refractivity contribution < 1.29 is 18.7 Å². The predicted octanol–water partition coefficient (Wildman–Crippen LogP) is 4.33. The zero-order valence-corrected chi connectivity index (χ0v) is 13.8. The molecule has 0 fully saturated rings. The average Bonchev–Trinajstić information content (AvgIpc) is 2.54. The van der Waals surface area contributed by atoms with Gasteiger partial charge in [0.05, 0.1) is 10.7 Å². The minimum absolute atomic E-state index is 0.310. The molecule has 2 aromatic rings. The van der Waals surface area contributed by atoms with Gasteiger partial charge in [0.1, 0.15) is 5.82 Å². The number of benzene rings is 2. The van der Waals surface area contributed by atoms with Crippen LogP contribution in [0, 0.1) is 5.82 Å². The van der Waals surface area contributed by atoms with Crippen molar-refractivity contribution in [3.8, 4) is 0 Å². The Morgan fingerprint density at radius 1 is 1.17 bits per heavy atom. The highest BCUT2D eigenvalue weighted by Crippen LogP contribution is 2.25. The lowest BCUT2D eigenvalue weighted by Gasteiger charge is -2.07. The Morgan fingerprint density at radius 3 is 2.71 bits per heavy atom. The predicted molar refractivity (Wildman–Crippen MR) is 91.5 cm³/mol. The van der Waals surface area contributed by atoms with Crippen molar-refractivity contribution >= 4 is 46.8 Å². The maximum Gasteiger partial charge on any atom is 0.331 e. The fraction of sp³-hybridized carbons (Fsp3) is 0.0588. The molecule has 0 spiro atoms. The second kappa shape index (κ2) is 8.47. The first-order valence-corrected chi connectivity index (χ1v) is 7.55. The van der Waals surface area contributed by atoms with Crippen LogP contribution in [0.15, 0.2) is 48.5 Å². The van der Waals surface area contributed by atoms with Crippen molar-refractivity contribution in [2.45, 2.75) is 0 Å². The third-order valence-corrected chi connectivity index (χ3v) is 3.37. The van der Waals surface area contributed by atoms with Crippen molar-refractivity contribution in [3.05, 3.63) is 70.0 Å². The van der Waals surface area contributed by atoms with Crippen molar-refractivity contribution in [2.75, 3.05) is 11.9 Å². The van der Waals surface area contributed by atoms with Crippen LogP contribution in [0.4, 0.5) is 10.1 Å².